The van der Waals surface area contributed by atoms with Gasteiger partial charge in [-0.25, -0.2) is 0 Å². The molecule has 1 aliphatic rings. The van der Waals surface area contributed by atoms with Gasteiger partial charge in [-0.1, -0.05) is 0 Å². The van der Waals surface area contributed by atoms with E-state index in [1.165, 1.54) is 0 Å². The Hall–Kier alpha value is -1.22. The van der Waals surface area contributed by atoms with Crippen molar-refractivity contribution in [2.45, 2.75) is 18.8 Å². The number of aromatic nitrogens is 1. The third-order valence-electron chi connectivity index (χ3n) is 2.70. The summed E-state index contributed by atoms with van der Waals surface area (Å²) in [5.41, 5.74) is 1.78. The highest BCUT2D eigenvalue weighted by molar-refractivity contribution is 5.73. The molecule has 0 atom stereocenters. The number of carbonyl (C=O) groups is 1. The van der Waals surface area contributed by atoms with Crippen molar-refractivity contribution in [3.05, 3.63) is 29.6 Å². The summed E-state index contributed by atoms with van der Waals surface area (Å²) in [7, 11) is 0. The summed E-state index contributed by atoms with van der Waals surface area (Å²) in [4.78, 5) is 14.8. The van der Waals surface area contributed by atoms with Gasteiger partial charge in [-0.2, -0.15) is 0 Å². The number of aldehydes is 1. The molecule has 1 fully saturated rings. The normalized spacial score (nSPS) is 18.0. The van der Waals surface area contributed by atoms with Gasteiger partial charge in [-0.05, 0) is 38.1 Å². The minimum absolute atomic E-state index is 0.567. The van der Waals surface area contributed by atoms with Crippen molar-refractivity contribution in [3.8, 4) is 0 Å². The van der Waals surface area contributed by atoms with Crippen molar-refractivity contribution in [1.29, 1.82) is 0 Å². The van der Waals surface area contributed by atoms with Gasteiger partial charge in [0.25, 0.3) is 0 Å². The molecule has 0 aromatic carbocycles. The highest BCUT2D eigenvalue weighted by Crippen LogP contribution is 2.22. The highest BCUT2D eigenvalue weighted by atomic mass is 16.1. The van der Waals surface area contributed by atoms with E-state index in [9.17, 15) is 4.79 Å². The van der Waals surface area contributed by atoms with E-state index in [2.05, 4.69) is 10.3 Å². The van der Waals surface area contributed by atoms with Crippen LogP contribution in [0.25, 0.3) is 0 Å². The maximum atomic E-state index is 10.4. The average Bonchev–Trinajstić information content (AvgIpc) is 2.30. The minimum atomic E-state index is 0.567. The van der Waals surface area contributed by atoms with E-state index in [4.69, 9.17) is 0 Å². The minimum Gasteiger partial charge on any atom is -0.317 e. The van der Waals surface area contributed by atoms with Crippen molar-refractivity contribution in [2.75, 3.05) is 13.1 Å². The SMILES string of the molecule is O=Cc1ccc(C2CCNCC2)nc1. The van der Waals surface area contributed by atoms with E-state index in [1.54, 1.807) is 6.20 Å². The number of carbonyl (C=O) groups excluding carboxylic acids is 1. The standard InChI is InChI=1S/C11H14N2O/c14-8-9-1-2-11(13-7-9)10-3-5-12-6-4-10/h1-2,7-8,10,12H,3-6H2. The Morgan fingerprint density at radius 2 is 2.14 bits per heavy atom. The summed E-state index contributed by atoms with van der Waals surface area (Å²) in [6.07, 6.45) is 4.78. The fourth-order valence-electron chi connectivity index (χ4n) is 1.85. The quantitative estimate of drug-likeness (QED) is 0.716. The van der Waals surface area contributed by atoms with Crippen LogP contribution in [0.4, 0.5) is 0 Å². The van der Waals surface area contributed by atoms with Crippen molar-refractivity contribution in [1.82, 2.24) is 10.3 Å². The van der Waals surface area contributed by atoms with Crippen LogP contribution < -0.4 is 5.32 Å². The van der Waals surface area contributed by atoms with Gasteiger partial charge in [0.05, 0.1) is 0 Å². The molecule has 0 unspecified atom stereocenters. The van der Waals surface area contributed by atoms with E-state index in [0.29, 0.717) is 11.5 Å². The molecule has 1 N–H and O–H groups in total. The summed E-state index contributed by atoms with van der Waals surface area (Å²) in [6.45, 7) is 2.14. The second kappa shape index (κ2) is 4.33. The molecule has 0 saturated carbocycles. The lowest BCUT2D eigenvalue weighted by molar-refractivity contribution is 0.112. The van der Waals surface area contributed by atoms with Gasteiger partial charge in [0.2, 0.25) is 0 Å². The van der Waals surface area contributed by atoms with E-state index in [-0.39, 0.29) is 0 Å². The number of hydrogen-bond acceptors (Lipinski definition) is 3. The molecule has 2 heterocycles. The predicted octanol–water partition coefficient (Wildman–Crippen LogP) is 1.36. The molecule has 0 radical (unpaired) electrons. The lowest BCUT2D eigenvalue weighted by Gasteiger charge is -2.21. The lowest BCUT2D eigenvalue weighted by Crippen LogP contribution is -2.27. The van der Waals surface area contributed by atoms with Gasteiger partial charge in [-0.15, -0.1) is 0 Å². The molecular formula is C11H14N2O. The zero-order chi connectivity index (χ0) is 9.80. The first-order valence-corrected chi connectivity index (χ1v) is 5.02. The molecule has 1 saturated heterocycles. The highest BCUT2D eigenvalue weighted by Gasteiger charge is 2.15. The van der Waals surface area contributed by atoms with Gasteiger partial charge >= 0.3 is 0 Å². The monoisotopic (exact) mass is 190 g/mol. The number of nitrogens with one attached hydrogen (secondary N) is 1. The molecule has 74 valence electrons. The van der Waals surface area contributed by atoms with E-state index in [1.807, 2.05) is 12.1 Å². The molecule has 0 bridgehead atoms. The van der Waals surface area contributed by atoms with Crippen LogP contribution in [0.15, 0.2) is 18.3 Å². The third kappa shape index (κ3) is 1.99. The van der Waals surface area contributed by atoms with Crippen LogP contribution in [0.1, 0.15) is 34.8 Å². The third-order valence-corrected chi connectivity index (χ3v) is 2.70. The zero-order valence-corrected chi connectivity index (χ0v) is 8.07. The first-order valence-electron chi connectivity index (χ1n) is 5.02. The molecule has 14 heavy (non-hydrogen) atoms. The molecule has 1 aliphatic heterocycles. The second-order valence-corrected chi connectivity index (χ2v) is 3.66. The fourth-order valence-corrected chi connectivity index (χ4v) is 1.85. The summed E-state index contributed by atoms with van der Waals surface area (Å²) >= 11 is 0. The van der Waals surface area contributed by atoms with Crippen LogP contribution in [-0.4, -0.2) is 24.4 Å². The Morgan fingerprint density at radius 1 is 1.36 bits per heavy atom. The molecule has 0 spiro atoms. The van der Waals surface area contributed by atoms with E-state index < -0.39 is 0 Å². The number of pyridine rings is 1. The zero-order valence-electron chi connectivity index (χ0n) is 8.07. The van der Waals surface area contributed by atoms with Crippen molar-refractivity contribution < 1.29 is 4.79 Å². The fraction of sp³-hybridized carbons (Fsp3) is 0.455. The largest absolute Gasteiger partial charge is 0.317 e. The van der Waals surface area contributed by atoms with Gasteiger partial charge in [0.15, 0.2) is 6.29 Å². The molecule has 1 aromatic heterocycles. The first-order chi connectivity index (χ1) is 6.90. The number of hydrogen-bond donors (Lipinski definition) is 1. The molecule has 0 amide bonds. The summed E-state index contributed by atoms with van der Waals surface area (Å²) < 4.78 is 0. The maximum Gasteiger partial charge on any atom is 0.151 e. The van der Waals surface area contributed by atoms with Crippen molar-refractivity contribution in [2.24, 2.45) is 0 Å². The topological polar surface area (TPSA) is 42.0 Å². The van der Waals surface area contributed by atoms with Crippen LogP contribution in [0.5, 0.6) is 0 Å². The Bertz CT molecular complexity index is 302. The Balaban J connectivity index is 2.11. The van der Waals surface area contributed by atoms with Crippen LogP contribution in [0.2, 0.25) is 0 Å². The molecule has 2 rings (SSSR count). The molecule has 1 aromatic rings. The van der Waals surface area contributed by atoms with Gasteiger partial charge in [-0.3, -0.25) is 9.78 Å². The number of nitrogens with zero attached hydrogens (tertiary/aromatic N) is 1. The Labute approximate surface area is 83.5 Å². The van der Waals surface area contributed by atoms with Crippen LogP contribution >= 0.6 is 0 Å². The summed E-state index contributed by atoms with van der Waals surface area (Å²) in [5, 5.41) is 3.32. The van der Waals surface area contributed by atoms with E-state index >= 15 is 0 Å². The van der Waals surface area contributed by atoms with Gasteiger partial charge < -0.3 is 5.32 Å². The Morgan fingerprint density at radius 3 is 2.71 bits per heavy atom. The number of rotatable bonds is 2. The summed E-state index contributed by atoms with van der Waals surface area (Å²) in [6, 6.07) is 3.82. The smallest absolute Gasteiger partial charge is 0.151 e. The van der Waals surface area contributed by atoms with Crippen molar-refractivity contribution in [3.63, 3.8) is 0 Å². The van der Waals surface area contributed by atoms with Gasteiger partial charge in [0.1, 0.15) is 0 Å². The van der Waals surface area contributed by atoms with Gasteiger partial charge in [0, 0.05) is 23.4 Å². The maximum absolute atomic E-state index is 10.4. The van der Waals surface area contributed by atoms with Crippen molar-refractivity contribution >= 4 is 6.29 Å². The lowest BCUT2D eigenvalue weighted by atomic mass is 9.94. The average molecular weight is 190 g/mol. The molecular weight excluding hydrogens is 176 g/mol. The predicted molar refractivity (Wildman–Crippen MR) is 54.5 cm³/mol. The van der Waals surface area contributed by atoms with E-state index in [0.717, 1.165) is 37.9 Å². The molecule has 0 aliphatic carbocycles. The summed E-state index contributed by atoms with van der Waals surface area (Å²) in [5.74, 6) is 0.567. The molecule has 3 nitrogen and oxygen atoms in total. The van der Waals surface area contributed by atoms with Crippen LogP contribution in [0, 0.1) is 0 Å². The first kappa shape index (κ1) is 9.34. The Kier molecular flexibility index (Phi) is 2.89. The van der Waals surface area contributed by atoms with Crippen LogP contribution in [-0.2, 0) is 0 Å². The molecule has 3 heteroatoms. The second-order valence-electron chi connectivity index (χ2n) is 3.66. The number of piperidine rings is 1. The van der Waals surface area contributed by atoms with Crippen LogP contribution in [0.3, 0.4) is 0 Å².